The Labute approximate surface area is 131 Å². The molecule has 22 heavy (non-hydrogen) atoms. The smallest absolute Gasteiger partial charge is 0.165 e. The van der Waals surface area contributed by atoms with Crippen LogP contribution in [0.15, 0.2) is 24.3 Å². The van der Waals surface area contributed by atoms with E-state index in [2.05, 4.69) is 30.0 Å². The van der Waals surface area contributed by atoms with Crippen molar-refractivity contribution in [1.29, 1.82) is 0 Å². The molecule has 0 amide bonds. The summed E-state index contributed by atoms with van der Waals surface area (Å²) in [6.07, 6.45) is 6.48. The highest BCUT2D eigenvalue weighted by atomic mass is 16.5. The largest absolute Gasteiger partial charge is 0.504 e. The molecule has 118 valence electrons. The van der Waals surface area contributed by atoms with Crippen molar-refractivity contribution in [1.82, 2.24) is 4.90 Å². The number of benzene rings is 1. The molecule has 0 fully saturated rings. The quantitative estimate of drug-likeness (QED) is 0.853. The molecular weight excluding hydrogens is 278 g/mol. The second kappa shape index (κ2) is 5.00. The number of phenolic OH excluding ortho intramolecular Hbond substituents is 1. The fourth-order valence-corrected chi connectivity index (χ4v) is 4.28. The van der Waals surface area contributed by atoms with Crippen LogP contribution in [0.1, 0.15) is 30.9 Å². The molecule has 0 saturated heterocycles. The van der Waals surface area contributed by atoms with Gasteiger partial charge in [-0.25, -0.2) is 0 Å². The third-order valence-electron chi connectivity index (χ3n) is 5.56. The molecule has 0 saturated carbocycles. The first-order chi connectivity index (χ1) is 10.7. The molecule has 1 aromatic rings. The Kier molecular flexibility index (Phi) is 3.20. The van der Waals surface area contributed by atoms with E-state index in [4.69, 9.17) is 9.47 Å². The first kappa shape index (κ1) is 14.1. The molecule has 0 aromatic heterocycles. The number of rotatable bonds is 2. The molecule has 3 atom stereocenters. The van der Waals surface area contributed by atoms with Gasteiger partial charge in [-0.1, -0.05) is 25.1 Å². The molecule has 0 unspecified atom stereocenters. The fraction of sp³-hybridized carbons (Fsp3) is 0.556. The minimum Gasteiger partial charge on any atom is -0.504 e. The maximum absolute atomic E-state index is 10.3. The van der Waals surface area contributed by atoms with Crippen molar-refractivity contribution in [2.24, 2.45) is 0 Å². The van der Waals surface area contributed by atoms with Crippen LogP contribution in [-0.2, 0) is 16.7 Å². The van der Waals surface area contributed by atoms with Crippen molar-refractivity contribution in [3.8, 4) is 11.5 Å². The summed E-state index contributed by atoms with van der Waals surface area (Å²) >= 11 is 0. The van der Waals surface area contributed by atoms with E-state index in [9.17, 15) is 5.11 Å². The molecule has 2 aliphatic heterocycles. The van der Waals surface area contributed by atoms with Gasteiger partial charge in [-0.2, -0.15) is 0 Å². The Morgan fingerprint density at radius 2 is 2.32 bits per heavy atom. The number of ether oxygens (including phenoxy) is 2. The summed E-state index contributed by atoms with van der Waals surface area (Å²) in [6.45, 7) is 5.23. The van der Waals surface area contributed by atoms with Crippen molar-refractivity contribution >= 4 is 0 Å². The zero-order chi connectivity index (χ0) is 15.3. The summed E-state index contributed by atoms with van der Waals surface area (Å²) in [5, 5.41) is 10.3. The van der Waals surface area contributed by atoms with Gasteiger partial charge in [0, 0.05) is 25.6 Å². The summed E-state index contributed by atoms with van der Waals surface area (Å²) in [5.74, 6) is 0.960. The minimum atomic E-state index is -0.109. The predicted octanol–water partition coefficient (Wildman–Crippen LogP) is 2.59. The monoisotopic (exact) mass is 301 g/mol. The summed E-state index contributed by atoms with van der Waals surface area (Å²) in [4.78, 5) is 2.47. The van der Waals surface area contributed by atoms with Gasteiger partial charge in [0.2, 0.25) is 0 Å². The van der Waals surface area contributed by atoms with E-state index in [1.165, 1.54) is 11.1 Å². The van der Waals surface area contributed by atoms with Crippen LogP contribution in [0.3, 0.4) is 0 Å². The van der Waals surface area contributed by atoms with E-state index in [1.807, 2.05) is 0 Å². The average Bonchev–Trinajstić information content (AvgIpc) is 2.80. The van der Waals surface area contributed by atoms with E-state index in [1.54, 1.807) is 13.2 Å². The van der Waals surface area contributed by atoms with Crippen molar-refractivity contribution in [2.45, 2.75) is 43.9 Å². The van der Waals surface area contributed by atoms with Gasteiger partial charge in [-0.05, 0) is 31.1 Å². The lowest BCUT2D eigenvalue weighted by Crippen LogP contribution is -2.43. The van der Waals surface area contributed by atoms with Gasteiger partial charge in [0.1, 0.15) is 6.10 Å². The normalized spacial score (nSPS) is 33.0. The number of nitrogens with zero attached hydrogens (tertiary/aromatic N) is 1. The Hall–Kier alpha value is -1.52. The Balaban J connectivity index is 1.88. The van der Waals surface area contributed by atoms with Gasteiger partial charge in [0.05, 0.1) is 11.5 Å². The van der Waals surface area contributed by atoms with Crippen LogP contribution in [0, 0.1) is 0 Å². The fourth-order valence-electron chi connectivity index (χ4n) is 4.28. The van der Waals surface area contributed by atoms with Gasteiger partial charge in [-0.3, -0.25) is 4.90 Å². The topological polar surface area (TPSA) is 41.9 Å². The second-order valence-corrected chi connectivity index (χ2v) is 6.58. The Bertz CT molecular complexity index is 627. The number of phenols is 1. The molecule has 4 rings (SSSR count). The minimum absolute atomic E-state index is 0.0568. The summed E-state index contributed by atoms with van der Waals surface area (Å²) < 4.78 is 11.7. The van der Waals surface area contributed by atoms with Crippen molar-refractivity contribution < 1.29 is 14.6 Å². The van der Waals surface area contributed by atoms with Crippen LogP contribution in [-0.4, -0.2) is 42.4 Å². The predicted molar refractivity (Wildman–Crippen MR) is 84.3 cm³/mol. The lowest BCUT2D eigenvalue weighted by atomic mass is 9.69. The SMILES string of the molecule is CCN1CC[C@@]23C=C[C@H](OC)C[C@@H]2Oc2c(O)ccc(c23)C1. The number of aromatic hydroxyl groups is 1. The van der Waals surface area contributed by atoms with Crippen LogP contribution in [0.2, 0.25) is 0 Å². The Morgan fingerprint density at radius 3 is 3.09 bits per heavy atom. The van der Waals surface area contributed by atoms with Gasteiger partial charge < -0.3 is 14.6 Å². The van der Waals surface area contributed by atoms with Crippen LogP contribution < -0.4 is 4.74 Å². The third-order valence-corrected chi connectivity index (χ3v) is 5.56. The van der Waals surface area contributed by atoms with Crippen LogP contribution >= 0.6 is 0 Å². The van der Waals surface area contributed by atoms with Gasteiger partial charge in [0.25, 0.3) is 0 Å². The van der Waals surface area contributed by atoms with Crippen LogP contribution in [0.5, 0.6) is 11.5 Å². The molecule has 1 N–H and O–H groups in total. The molecule has 1 aliphatic carbocycles. The van der Waals surface area contributed by atoms with Crippen LogP contribution in [0.4, 0.5) is 0 Å². The van der Waals surface area contributed by atoms with E-state index in [-0.39, 0.29) is 23.4 Å². The highest BCUT2D eigenvalue weighted by Crippen LogP contribution is 2.55. The van der Waals surface area contributed by atoms with Gasteiger partial charge in [0.15, 0.2) is 11.5 Å². The highest BCUT2D eigenvalue weighted by Gasteiger charge is 2.52. The molecule has 4 nitrogen and oxygen atoms in total. The summed E-state index contributed by atoms with van der Waals surface area (Å²) in [5.41, 5.74) is 2.39. The van der Waals surface area contributed by atoms with Gasteiger partial charge >= 0.3 is 0 Å². The van der Waals surface area contributed by atoms with Crippen molar-refractivity contribution in [3.05, 3.63) is 35.4 Å². The first-order valence-corrected chi connectivity index (χ1v) is 8.14. The zero-order valence-electron chi connectivity index (χ0n) is 13.2. The molecular formula is C18H23NO3. The molecule has 1 spiro atoms. The second-order valence-electron chi connectivity index (χ2n) is 6.58. The van der Waals surface area contributed by atoms with Gasteiger partial charge in [-0.15, -0.1) is 0 Å². The highest BCUT2D eigenvalue weighted by molar-refractivity contribution is 5.60. The first-order valence-electron chi connectivity index (χ1n) is 8.14. The van der Waals surface area contributed by atoms with E-state index in [0.29, 0.717) is 5.75 Å². The van der Waals surface area contributed by atoms with E-state index >= 15 is 0 Å². The molecule has 0 bridgehead atoms. The zero-order valence-corrected chi connectivity index (χ0v) is 13.2. The standard InChI is InChI=1S/C18H23NO3/c1-3-19-9-8-18-7-6-13(21-2)10-15(18)22-17-14(20)5-4-12(11-19)16(17)18/h4-7,13,15,20H,3,8-11H2,1-2H3/t13-,15-,18-/m0/s1. The Morgan fingerprint density at radius 1 is 1.45 bits per heavy atom. The van der Waals surface area contributed by atoms with Crippen molar-refractivity contribution in [3.63, 3.8) is 0 Å². The average molecular weight is 301 g/mol. The number of methoxy groups -OCH3 is 1. The summed E-state index contributed by atoms with van der Waals surface area (Å²) in [7, 11) is 1.74. The number of hydrogen-bond acceptors (Lipinski definition) is 4. The lowest BCUT2D eigenvalue weighted by molar-refractivity contribution is 0.0546. The third kappa shape index (κ3) is 1.83. The van der Waals surface area contributed by atoms with Crippen molar-refractivity contribution in [2.75, 3.05) is 20.2 Å². The van der Waals surface area contributed by atoms with E-state index < -0.39 is 0 Å². The number of hydrogen-bond donors (Lipinski definition) is 1. The lowest BCUT2D eigenvalue weighted by Gasteiger charge is -2.36. The molecule has 4 heteroatoms. The maximum atomic E-state index is 10.3. The maximum Gasteiger partial charge on any atom is 0.165 e. The molecule has 1 aromatic carbocycles. The summed E-state index contributed by atoms with van der Waals surface area (Å²) in [6, 6.07) is 3.84. The van der Waals surface area contributed by atoms with E-state index in [0.717, 1.165) is 32.5 Å². The molecule has 3 aliphatic rings. The molecule has 0 radical (unpaired) electrons. The molecule has 2 heterocycles. The van der Waals surface area contributed by atoms with Crippen LogP contribution in [0.25, 0.3) is 0 Å².